The average Bonchev–Trinajstić information content (AvgIpc) is 2.14. The van der Waals surface area contributed by atoms with Gasteiger partial charge in [-0.1, -0.05) is 52.5 Å². The van der Waals surface area contributed by atoms with Crippen LogP contribution >= 0.6 is 11.6 Å². The summed E-state index contributed by atoms with van der Waals surface area (Å²) >= 11 is 6.31. The predicted octanol–water partition coefficient (Wildman–Crippen LogP) is 5.56. The van der Waals surface area contributed by atoms with Crippen molar-refractivity contribution in [1.29, 1.82) is 0 Å². The Morgan fingerprint density at radius 2 is 1.60 bits per heavy atom. The van der Waals surface area contributed by atoms with Crippen molar-refractivity contribution < 1.29 is 0 Å². The molecule has 1 heteroatoms. The number of hydrogen-bond acceptors (Lipinski definition) is 0. The lowest BCUT2D eigenvalue weighted by atomic mass is 9.88. The fourth-order valence-corrected chi connectivity index (χ4v) is 1.73. The van der Waals surface area contributed by atoms with E-state index in [0.29, 0.717) is 5.38 Å². The smallest absolute Gasteiger partial charge is 0.0384 e. The molecule has 0 bridgehead atoms. The standard InChI is InChI=1S/C14H27Cl/c1-5-6-7-8-9-10-11-12-13(15)14(2,3)4/h5,13H,1,6-12H2,2-4H3. The Morgan fingerprint density at radius 1 is 1.07 bits per heavy atom. The second-order valence-corrected chi connectivity index (χ2v) is 5.99. The van der Waals surface area contributed by atoms with E-state index >= 15 is 0 Å². The van der Waals surface area contributed by atoms with Gasteiger partial charge in [0.25, 0.3) is 0 Å². The van der Waals surface area contributed by atoms with Crippen LogP contribution in [-0.2, 0) is 0 Å². The highest BCUT2D eigenvalue weighted by atomic mass is 35.5. The van der Waals surface area contributed by atoms with E-state index in [9.17, 15) is 0 Å². The molecule has 0 aliphatic rings. The van der Waals surface area contributed by atoms with Crippen molar-refractivity contribution in [1.82, 2.24) is 0 Å². The van der Waals surface area contributed by atoms with Crippen molar-refractivity contribution in [3.63, 3.8) is 0 Å². The molecule has 0 radical (unpaired) electrons. The molecule has 1 atom stereocenters. The minimum atomic E-state index is 0.254. The van der Waals surface area contributed by atoms with E-state index < -0.39 is 0 Å². The van der Waals surface area contributed by atoms with E-state index in [1.165, 1.54) is 38.5 Å². The third-order valence-corrected chi connectivity index (χ3v) is 3.68. The van der Waals surface area contributed by atoms with E-state index in [2.05, 4.69) is 27.4 Å². The van der Waals surface area contributed by atoms with Crippen LogP contribution in [0.1, 0.15) is 65.7 Å². The van der Waals surface area contributed by atoms with Gasteiger partial charge in [-0.25, -0.2) is 0 Å². The van der Waals surface area contributed by atoms with Gasteiger partial charge in [-0.3, -0.25) is 0 Å². The van der Waals surface area contributed by atoms with Crippen LogP contribution in [-0.4, -0.2) is 5.38 Å². The van der Waals surface area contributed by atoms with E-state index in [4.69, 9.17) is 11.6 Å². The molecule has 0 nitrogen and oxygen atoms in total. The number of allylic oxidation sites excluding steroid dienone is 1. The van der Waals surface area contributed by atoms with E-state index in [1.54, 1.807) is 0 Å². The average molecular weight is 231 g/mol. The summed E-state index contributed by atoms with van der Waals surface area (Å²) in [7, 11) is 0. The largest absolute Gasteiger partial charge is 0.122 e. The molecule has 0 aromatic heterocycles. The highest BCUT2D eigenvalue weighted by Crippen LogP contribution is 2.28. The van der Waals surface area contributed by atoms with Gasteiger partial charge in [0.05, 0.1) is 0 Å². The van der Waals surface area contributed by atoms with Crippen LogP contribution in [0.25, 0.3) is 0 Å². The molecule has 0 fully saturated rings. The van der Waals surface area contributed by atoms with E-state index in [1.807, 2.05) is 6.08 Å². The van der Waals surface area contributed by atoms with Gasteiger partial charge >= 0.3 is 0 Å². The molecule has 0 aromatic carbocycles. The van der Waals surface area contributed by atoms with Gasteiger partial charge < -0.3 is 0 Å². The summed E-state index contributed by atoms with van der Waals surface area (Å²) in [6, 6.07) is 0. The molecule has 0 rings (SSSR count). The lowest BCUT2D eigenvalue weighted by molar-refractivity contribution is 0.365. The Labute approximate surface area is 101 Å². The zero-order valence-electron chi connectivity index (χ0n) is 10.7. The molecule has 0 saturated heterocycles. The van der Waals surface area contributed by atoms with Gasteiger partial charge in [0.1, 0.15) is 0 Å². The lowest BCUT2D eigenvalue weighted by Gasteiger charge is -2.24. The first-order chi connectivity index (χ1) is 6.98. The van der Waals surface area contributed by atoms with Crippen molar-refractivity contribution in [3.8, 4) is 0 Å². The van der Waals surface area contributed by atoms with Gasteiger partial charge in [0, 0.05) is 5.38 Å². The first kappa shape index (κ1) is 15.0. The molecule has 0 aliphatic carbocycles. The number of rotatable bonds is 8. The highest BCUT2D eigenvalue weighted by Gasteiger charge is 2.21. The van der Waals surface area contributed by atoms with Crippen LogP contribution in [0, 0.1) is 5.41 Å². The van der Waals surface area contributed by atoms with Crippen LogP contribution in [0.5, 0.6) is 0 Å². The van der Waals surface area contributed by atoms with Gasteiger partial charge in [-0.2, -0.15) is 0 Å². The third-order valence-electron chi connectivity index (χ3n) is 2.81. The molecule has 0 aromatic rings. The maximum atomic E-state index is 6.31. The molecule has 0 saturated carbocycles. The van der Waals surface area contributed by atoms with E-state index in [-0.39, 0.29) is 5.41 Å². The van der Waals surface area contributed by atoms with Gasteiger partial charge in [0.2, 0.25) is 0 Å². The lowest BCUT2D eigenvalue weighted by Crippen LogP contribution is -2.20. The van der Waals surface area contributed by atoms with Crippen LogP contribution in [0.15, 0.2) is 12.7 Å². The normalized spacial score (nSPS) is 13.9. The number of unbranched alkanes of at least 4 members (excludes halogenated alkanes) is 5. The zero-order chi connectivity index (χ0) is 11.7. The zero-order valence-corrected chi connectivity index (χ0v) is 11.4. The maximum absolute atomic E-state index is 6.31. The molecular weight excluding hydrogens is 204 g/mol. The summed E-state index contributed by atoms with van der Waals surface area (Å²) in [4.78, 5) is 0. The number of hydrogen-bond donors (Lipinski definition) is 0. The second kappa shape index (κ2) is 8.21. The molecule has 0 N–H and O–H groups in total. The summed E-state index contributed by atoms with van der Waals surface area (Å²) in [5.41, 5.74) is 0.254. The summed E-state index contributed by atoms with van der Waals surface area (Å²) in [5.74, 6) is 0. The quantitative estimate of drug-likeness (QED) is 0.291. The summed E-state index contributed by atoms with van der Waals surface area (Å²) in [5, 5.41) is 0.325. The Balaban J connectivity index is 3.27. The molecular formula is C14H27Cl. The highest BCUT2D eigenvalue weighted by molar-refractivity contribution is 6.21. The minimum absolute atomic E-state index is 0.254. The number of alkyl halides is 1. The second-order valence-electron chi connectivity index (χ2n) is 5.47. The first-order valence-electron chi connectivity index (χ1n) is 6.23. The van der Waals surface area contributed by atoms with Gasteiger partial charge in [-0.05, 0) is 24.7 Å². The fourth-order valence-electron chi connectivity index (χ4n) is 1.58. The van der Waals surface area contributed by atoms with Gasteiger partial charge in [0.15, 0.2) is 0 Å². The van der Waals surface area contributed by atoms with Crippen LogP contribution in [0.3, 0.4) is 0 Å². The van der Waals surface area contributed by atoms with Crippen LogP contribution < -0.4 is 0 Å². The topological polar surface area (TPSA) is 0 Å². The minimum Gasteiger partial charge on any atom is -0.122 e. The third kappa shape index (κ3) is 8.99. The molecule has 0 aliphatic heterocycles. The van der Waals surface area contributed by atoms with Crippen molar-refractivity contribution >= 4 is 11.6 Å². The summed E-state index contributed by atoms with van der Waals surface area (Å²) in [6.07, 6.45) is 10.9. The predicted molar refractivity (Wildman–Crippen MR) is 71.6 cm³/mol. The van der Waals surface area contributed by atoms with Gasteiger partial charge in [-0.15, -0.1) is 18.2 Å². The molecule has 1 unspecified atom stereocenters. The molecule has 0 amide bonds. The monoisotopic (exact) mass is 230 g/mol. The molecule has 0 heterocycles. The molecule has 15 heavy (non-hydrogen) atoms. The molecule has 0 spiro atoms. The summed E-state index contributed by atoms with van der Waals surface area (Å²) < 4.78 is 0. The van der Waals surface area contributed by atoms with Crippen molar-refractivity contribution in [3.05, 3.63) is 12.7 Å². The molecule has 90 valence electrons. The fraction of sp³-hybridized carbons (Fsp3) is 0.857. The summed E-state index contributed by atoms with van der Waals surface area (Å²) in [6.45, 7) is 10.4. The van der Waals surface area contributed by atoms with Crippen molar-refractivity contribution in [2.75, 3.05) is 0 Å². The maximum Gasteiger partial charge on any atom is 0.0384 e. The van der Waals surface area contributed by atoms with Crippen LogP contribution in [0.4, 0.5) is 0 Å². The van der Waals surface area contributed by atoms with Crippen molar-refractivity contribution in [2.45, 2.75) is 71.1 Å². The first-order valence-corrected chi connectivity index (χ1v) is 6.67. The number of halogens is 1. The van der Waals surface area contributed by atoms with Crippen molar-refractivity contribution in [2.24, 2.45) is 5.41 Å². The Hall–Kier alpha value is 0.0300. The Morgan fingerprint density at radius 3 is 2.13 bits per heavy atom. The van der Waals surface area contributed by atoms with E-state index in [0.717, 1.165) is 6.42 Å². The SMILES string of the molecule is C=CCCCCCCCC(Cl)C(C)(C)C. The Bertz CT molecular complexity index is 155. The Kier molecular flexibility index (Phi) is 8.23. The van der Waals surface area contributed by atoms with Crippen LogP contribution in [0.2, 0.25) is 0 Å².